The standard InChI is InChI=1S/C5H9BrO2/c6-3-4-1-2-5(7)8-4/h4-5,7H,1-3H2/t4-,5?/m0/s1. The number of aliphatic hydroxyl groups is 1. The molecule has 0 saturated carbocycles. The number of alkyl halides is 1. The summed E-state index contributed by atoms with van der Waals surface area (Å²) in [5.41, 5.74) is 0. The molecule has 0 amide bonds. The molecule has 0 spiro atoms. The first-order chi connectivity index (χ1) is 3.83. The maximum atomic E-state index is 8.79. The van der Waals surface area contributed by atoms with Crippen molar-refractivity contribution in [1.82, 2.24) is 0 Å². The first-order valence-corrected chi connectivity index (χ1v) is 3.84. The van der Waals surface area contributed by atoms with E-state index in [1.807, 2.05) is 0 Å². The summed E-state index contributed by atoms with van der Waals surface area (Å²) in [6.45, 7) is 0. The molecule has 0 aromatic rings. The lowest BCUT2D eigenvalue weighted by molar-refractivity contribution is -0.0834. The van der Waals surface area contributed by atoms with Gasteiger partial charge in [-0.3, -0.25) is 0 Å². The number of hydrogen-bond donors (Lipinski definition) is 1. The molecule has 1 fully saturated rings. The van der Waals surface area contributed by atoms with Crippen LogP contribution in [0.2, 0.25) is 0 Å². The molecular formula is C5H9BrO2. The second-order valence-electron chi connectivity index (χ2n) is 1.94. The third kappa shape index (κ3) is 1.44. The third-order valence-corrected chi connectivity index (χ3v) is 1.98. The summed E-state index contributed by atoms with van der Waals surface area (Å²) in [5, 5.41) is 9.62. The smallest absolute Gasteiger partial charge is 0.155 e. The molecule has 0 aliphatic carbocycles. The van der Waals surface area contributed by atoms with Crippen LogP contribution in [-0.4, -0.2) is 22.8 Å². The van der Waals surface area contributed by atoms with Crippen molar-refractivity contribution in [2.75, 3.05) is 5.33 Å². The molecule has 0 radical (unpaired) electrons. The van der Waals surface area contributed by atoms with E-state index in [1.165, 1.54) is 0 Å². The summed E-state index contributed by atoms with van der Waals surface area (Å²) in [4.78, 5) is 0. The topological polar surface area (TPSA) is 29.5 Å². The number of rotatable bonds is 1. The fraction of sp³-hybridized carbons (Fsp3) is 1.00. The summed E-state index contributed by atoms with van der Waals surface area (Å²) in [6.07, 6.45) is 1.51. The summed E-state index contributed by atoms with van der Waals surface area (Å²) in [5.74, 6) is 0. The maximum Gasteiger partial charge on any atom is 0.155 e. The van der Waals surface area contributed by atoms with Gasteiger partial charge < -0.3 is 9.84 Å². The van der Waals surface area contributed by atoms with Crippen LogP contribution in [0.5, 0.6) is 0 Å². The van der Waals surface area contributed by atoms with Gasteiger partial charge in [-0.1, -0.05) is 15.9 Å². The molecular weight excluding hydrogens is 172 g/mol. The first kappa shape index (κ1) is 6.52. The Morgan fingerprint density at radius 1 is 1.62 bits per heavy atom. The van der Waals surface area contributed by atoms with Crippen LogP contribution in [0.4, 0.5) is 0 Å². The van der Waals surface area contributed by atoms with Crippen LogP contribution in [0, 0.1) is 0 Å². The van der Waals surface area contributed by atoms with Crippen molar-refractivity contribution in [3.05, 3.63) is 0 Å². The first-order valence-electron chi connectivity index (χ1n) is 2.72. The van der Waals surface area contributed by atoms with Crippen LogP contribution in [0.25, 0.3) is 0 Å². The lowest BCUT2D eigenvalue weighted by Crippen LogP contribution is -2.10. The summed E-state index contributed by atoms with van der Waals surface area (Å²) in [7, 11) is 0. The number of aliphatic hydroxyl groups excluding tert-OH is 1. The molecule has 48 valence electrons. The van der Waals surface area contributed by atoms with Crippen LogP contribution >= 0.6 is 15.9 Å². The molecule has 8 heavy (non-hydrogen) atoms. The molecule has 1 aliphatic heterocycles. The average molecular weight is 181 g/mol. The Labute approximate surface area is 57.0 Å². The van der Waals surface area contributed by atoms with Crippen molar-refractivity contribution in [3.63, 3.8) is 0 Å². The maximum absolute atomic E-state index is 8.79. The fourth-order valence-electron chi connectivity index (χ4n) is 0.800. The quantitative estimate of drug-likeness (QED) is 0.608. The minimum Gasteiger partial charge on any atom is -0.368 e. The van der Waals surface area contributed by atoms with Crippen LogP contribution in [-0.2, 0) is 4.74 Å². The van der Waals surface area contributed by atoms with Gasteiger partial charge in [0.1, 0.15) is 0 Å². The second kappa shape index (κ2) is 2.80. The highest BCUT2D eigenvalue weighted by Crippen LogP contribution is 2.18. The Bertz CT molecular complexity index is 76.8. The van der Waals surface area contributed by atoms with Crippen LogP contribution in [0.1, 0.15) is 12.8 Å². The fourth-order valence-corrected chi connectivity index (χ4v) is 1.28. The van der Waals surface area contributed by atoms with E-state index in [4.69, 9.17) is 9.84 Å². The number of hydrogen-bond acceptors (Lipinski definition) is 2. The molecule has 0 aromatic heterocycles. The van der Waals surface area contributed by atoms with Gasteiger partial charge in [0.05, 0.1) is 6.10 Å². The second-order valence-corrected chi connectivity index (χ2v) is 2.59. The van der Waals surface area contributed by atoms with Crippen LogP contribution < -0.4 is 0 Å². The number of halogens is 1. The number of ether oxygens (including phenoxy) is 1. The van der Waals surface area contributed by atoms with Gasteiger partial charge in [-0.05, 0) is 6.42 Å². The van der Waals surface area contributed by atoms with Gasteiger partial charge >= 0.3 is 0 Å². The van der Waals surface area contributed by atoms with E-state index < -0.39 is 6.29 Å². The SMILES string of the molecule is OC1CC[C@@H](CBr)O1. The van der Waals surface area contributed by atoms with Crippen LogP contribution in [0.3, 0.4) is 0 Å². The summed E-state index contributed by atoms with van der Waals surface area (Å²) < 4.78 is 5.02. The highest BCUT2D eigenvalue weighted by Gasteiger charge is 2.21. The average Bonchev–Trinajstić information content (AvgIpc) is 2.14. The normalized spacial score (nSPS) is 38.2. The zero-order chi connectivity index (χ0) is 5.98. The van der Waals surface area contributed by atoms with E-state index in [1.54, 1.807) is 0 Å². The van der Waals surface area contributed by atoms with Crippen molar-refractivity contribution in [3.8, 4) is 0 Å². The predicted molar refractivity (Wildman–Crippen MR) is 33.9 cm³/mol. The lowest BCUT2D eigenvalue weighted by Gasteiger charge is -2.03. The van der Waals surface area contributed by atoms with E-state index in [2.05, 4.69) is 15.9 Å². The van der Waals surface area contributed by atoms with Gasteiger partial charge in [-0.15, -0.1) is 0 Å². The molecule has 1 unspecified atom stereocenters. The highest BCUT2D eigenvalue weighted by atomic mass is 79.9. The molecule has 3 heteroatoms. The van der Waals surface area contributed by atoms with Gasteiger partial charge in [-0.25, -0.2) is 0 Å². The van der Waals surface area contributed by atoms with E-state index in [-0.39, 0.29) is 6.10 Å². The Hall–Kier alpha value is 0.400. The minimum atomic E-state index is -0.502. The molecule has 0 aromatic carbocycles. The molecule has 1 aliphatic rings. The molecule has 1 heterocycles. The Morgan fingerprint density at radius 2 is 2.38 bits per heavy atom. The third-order valence-electron chi connectivity index (χ3n) is 1.26. The Balaban J connectivity index is 2.22. The lowest BCUT2D eigenvalue weighted by atomic mass is 10.3. The zero-order valence-electron chi connectivity index (χ0n) is 4.51. The Kier molecular flexibility index (Phi) is 2.28. The van der Waals surface area contributed by atoms with Gasteiger partial charge in [-0.2, -0.15) is 0 Å². The van der Waals surface area contributed by atoms with Gasteiger partial charge in [0, 0.05) is 11.8 Å². The molecule has 0 bridgehead atoms. The van der Waals surface area contributed by atoms with E-state index in [9.17, 15) is 0 Å². The van der Waals surface area contributed by atoms with Crippen molar-refractivity contribution in [1.29, 1.82) is 0 Å². The van der Waals surface area contributed by atoms with E-state index in [0.29, 0.717) is 0 Å². The zero-order valence-corrected chi connectivity index (χ0v) is 6.10. The molecule has 1 rings (SSSR count). The van der Waals surface area contributed by atoms with Gasteiger partial charge in [0.25, 0.3) is 0 Å². The predicted octanol–water partition coefficient (Wildman–Crippen LogP) is 0.879. The Morgan fingerprint density at radius 3 is 2.62 bits per heavy atom. The highest BCUT2D eigenvalue weighted by molar-refractivity contribution is 9.09. The van der Waals surface area contributed by atoms with Gasteiger partial charge in [0.15, 0.2) is 6.29 Å². The molecule has 2 nitrogen and oxygen atoms in total. The van der Waals surface area contributed by atoms with E-state index >= 15 is 0 Å². The van der Waals surface area contributed by atoms with Crippen LogP contribution in [0.15, 0.2) is 0 Å². The van der Waals surface area contributed by atoms with Crippen molar-refractivity contribution in [2.45, 2.75) is 25.2 Å². The summed E-state index contributed by atoms with van der Waals surface area (Å²) >= 11 is 3.27. The molecule has 2 atom stereocenters. The largest absolute Gasteiger partial charge is 0.368 e. The molecule has 1 N–H and O–H groups in total. The van der Waals surface area contributed by atoms with Gasteiger partial charge in [0.2, 0.25) is 0 Å². The minimum absolute atomic E-state index is 0.241. The summed E-state index contributed by atoms with van der Waals surface area (Å²) in [6, 6.07) is 0. The van der Waals surface area contributed by atoms with Crippen molar-refractivity contribution >= 4 is 15.9 Å². The molecule has 1 saturated heterocycles. The van der Waals surface area contributed by atoms with Crippen molar-refractivity contribution < 1.29 is 9.84 Å². The monoisotopic (exact) mass is 180 g/mol. The van der Waals surface area contributed by atoms with E-state index in [0.717, 1.165) is 18.2 Å². The van der Waals surface area contributed by atoms with Crippen molar-refractivity contribution in [2.24, 2.45) is 0 Å².